The van der Waals surface area contributed by atoms with Gasteiger partial charge in [0.2, 0.25) is 0 Å². The van der Waals surface area contributed by atoms with Crippen molar-refractivity contribution in [3.8, 4) is 0 Å². The Kier molecular flexibility index (Phi) is 38.2. The second-order valence-corrected chi connectivity index (χ2v) is 33.9. The highest BCUT2D eigenvalue weighted by Gasteiger charge is 2.38. The molecular weight excluding hydrogens is 961 g/mol. The van der Waals surface area contributed by atoms with Crippen LogP contribution in [-0.4, -0.2) is 0 Å². The second kappa shape index (κ2) is 41.2. The van der Waals surface area contributed by atoms with E-state index in [1.54, 1.807) is 51.4 Å². The van der Waals surface area contributed by atoms with Crippen molar-refractivity contribution in [2.24, 2.45) is 105 Å². The molecule has 12 aliphatic rings. The highest BCUT2D eigenvalue weighted by atomic mass is 14.4. The van der Waals surface area contributed by atoms with E-state index in [1.807, 2.05) is 0 Å². The first-order chi connectivity index (χ1) is 38.1. The van der Waals surface area contributed by atoms with Gasteiger partial charge in [-0.3, -0.25) is 0 Å². The zero-order valence-corrected chi connectivity index (χ0v) is 59.0. The lowest BCUT2D eigenvalue weighted by Gasteiger charge is -2.28. The fourth-order valence-electron chi connectivity index (χ4n) is 17.8. The molecule has 476 valence electrons. The lowest BCUT2D eigenvalue weighted by molar-refractivity contribution is 0.244. The van der Waals surface area contributed by atoms with Crippen LogP contribution in [0.3, 0.4) is 0 Å². The molecule has 12 saturated carbocycles. The van der Waals surface area contributed by atoms with Crippen LogP contribution >= 0.6 is 0 Å². The van der Waals surface area contributed by atoms with Crippen LogP contribution in [0.15, 0.2) is 0 Å². The molecule has 0 spiro atoms. The third-order valence-corrected chi connectivity index (χ3v) is 25.5. The molecule has 0 heterocycles. The standard InChI is InChI=1S/2C8H14.8C8H16/c1-6-4-7-2-3-8(6)5-7;1-6-7-2-3-8(6)5-4-7;1-7-3-5-8(2)6-4-7;1-7-4-3-5-8(2)6-7;1-8(2)6-4-3-5-7-8;1-7-5-3-4-6-8(7)2;1-7(2)8-5-3-4-6-8;2*1-3-8(2)6-4-5-7-8;1-2-5-8-6-3-4-7-8/h2*6-8H,2-5H2,1H3;2*7-8H,3-6H2,1-2H3;3-7H2,1-2H3;2*7-8H,3-6H2,1-2H3;2*3-7H2,1-2H3;8H,2-7H2,1H3/t6-,7?,8?;;;7-,8?;;7-,8?;;;;/m0..1.1..../s1. The van der Waals surface area contributed by atoms with Gasteiger partial charge in [0, 0.05) is 0 Å². The van der Waals surface area contributed by atoms with E-state index < -0.39 is 0 Å². The molecule has 80 heavy (non-hydrogen) atoms. The van der Waals surface area contributed by atoms with Gasteiger partial charge in [-0.15, -0.1) is 0 Å². The minimum atomic E-state index is 0.679. The van der Waals surface area contributed by atoms with E-state index in [4.69, 9.17) is 0 Å². The van der Waals surface area contributed by atoms with Crippen molar-refractivity contribution in [3.63, 3.8) is 0 Å². The highest BCUT2D eigenvalue weighted by Crippen LogP contribution is 2.49. The van der Waals surface area contributed by atoms with Gasteiger partial charge in [0.15, 0.2) is 0 Å². The van der Waals surface area contributed by atoms with E-state index in [0.29, 0.717) is 5.41 Å². The zero-order valence-electron chi connectivity index (χ0n) is 59.0. The summed E-state index contributed by atoms with van der Waals surface area (Å²) in [5, 5.41) is 0. The van der Waals surface area contributed by atoms with Crippen molar-refractivity contribution in [1.29, 1.82) is 0 Å². The predicted octanol–water partition coefficient (Wildman–Crippen LogP) is 28.1. The first-order valence-corrected chi connectivity index (χ1v) is 38.1. The fourth-order valence-corrected chi connectivity index (χ4v) is 17.8. The van der Waals surface area contributed by atoms with E-state index >= 15 is 0 Å². The first-order valence-electron chi connectivity index (χ1n) is 38.1. The second-order valence-electron chi connectivity index (χ2n) is 33.9. The average Bonchev–Trinajstić information content (AvgIpc) is 4.32. The first kappa shape index (κ1) is 74.3. The normalized spacial score (nSPS) is 35.0. The molecule has 0 N–H and O–H groups in total. The molecule has 0 nitrogen and oxygen atoms in total. The molecular formula is C80H156. The van der Waals surface area contributed by atoms with E-state index in [0.717, 1.165) is 99.6 Å². The third kappa shape index (κ3) is 31.6. The lowest BCUT2D eigenvalue weighted by atomic mass is 9.78. The molecule has 0 amide bonds. The van der Waals surface area contributed by atoms with E-state index in [-0.39, 0.29) is 0 Å². The van der Waals surface area contributed by atoms with Gasteiger partial charge in [0.1, 0.15) is 0 Å². The number of hydrogen-bond donors (Lipinski definition) is 0. The Morgan fingerprint density at radius 2 is 0.738 bits per heavy atom. The quantitative estimate of drug-likeness (QED) is 0.257. The molecule has 0 aromatic carbocycles. The van der Waals surface area contributed by atoms with Crippen LogP contribution in [0.2, 0.25) is 0 Å². The van der Waals surface area contributed by atoms with E-state index in [2.05, 4.69) is 118 Å². The van der Waals surface area contributed by atoms with Crippen LogP contribution in [0.4, 0.5) is 0 Å². The van der Waals surface area contributed by atoms with Gasteiger partial charge >= 0.3 is 0 Å². The average molecular weight is 1120 g/mol. The molecule has 0 aromatic heterocycles. The largest absolute Gasteiger partial charge is 0.0654 e. The molecule has 7 atom stereocenters. The summed E-state index contributed by atoms with van der Waals surface area (Å²) in [5.74, 6) is 15.9. The van der Waals surface area contributed by atoms with Crippen LogP contribution in [0.1, 0.15) is 407 Å². The summed E-state index contributed by atoms with van der Waals surface area (Å²) in [6.07, 6.45) is 66.9. The molecule has 0 saturated heterocycles. The molecule has 4 unspecified atom stereocenters. The van der Waals surface area contributed by atoms with Gasteiger partial charge in [0.05, 0.1) is 0 Å². The van der Waals surface area contributed by atoms with Crippen LogP contribution in [0, 0.1) is 105 Å². The summed E-state index contributed by atoms with van der Waals surface area (Å²) in [5.41, 5.74) is 2.15. The van der Waals surface area contributed by atoms with Crippen molar-refractivity contribution in [3.05, 3.63) is 0 Å². The highest BCUT2D eigenvalue weighted by molar-refractivity contribution is 4.89. The van der Waals surface area contributed by atoms with Gasteiger partial charge in [-0.2, -0.15) is 0 Å². The summed E-state index contributed by atoms with van der Waals surface area (Å²) < 4.78 is 0. The maximum atomic E-state index is 2.44. The van der Waals surface area contributed by atoms with Gasteiger partial charge in [0.25, 0.3) is 0 Å². The number of rotatable bonds is 5. The van der Waals surface area contributed by atoms with Crippen LogP contribution in [0.5, 0.6) is 0 Å². The molecule has 4 bridgehead atoms. The molecule has 12 rings (SSSR count). The van der Waals surface area contributed by atoms with Gasteiger partial charge in [-0.1, -0.05) is 317 Å². The smallest absolute Gasteiger partial charge is 0.0328 e. The predicted molar refractivity (Wildman–Crippen MR) is 364 cm³/mol. The van der Waals surface area contributed by atoms with Gasteiger partial charge < -0.3 is 0 Å². The topological polar surface area (TPSA) is 0 Å². The van der Waals surface area contributed by atoms with E-state index in [9.17, 15) is 0 Å². The minimum Gasteiger partial charge on any atom is -0.0654 e. The van der Waals surface area contributed by atoms with Crippen molar-refractivity contribution in [1.82, 2.24) is 0 Å². The van der Waals surface area contributed by atoms with Crippen molar-refractivity contribution >= 4 is 0 Å². The van der Waals surface area contributed by atoms with Gasteiger partial charge in [-0.05, 0) is 195 Å². The Balaban J connectivity index is 0.000000233. The SMILES string of the molecule is CC(C)C1CCCC1.CC1(C)CCCCC1.CC1C2CCC1CC2.CC1CCC(C)CC1.CC1CCCC[C@H]1C.CC1CCC[C@@H](C)C1.CCC1(C)CCCC1.CCC1(C)CCCC1.CCCC1CCCC1.C[C@H]1CC2CCC1C2. The summed E-state index contributed by atoms with van der Waals surface area (Å²) in [7, 11) is 0. The Morgan fingerprint density at radius 1 is 0.338 bits per heavy atom. The molecule has 12 aliphatic carbocycles. The van der Waals surface area contributed by atoms with E-state index in [1.165, 1.54) is 238 Å². The van der Waals surface area contributed by atoms with Crippen LogP contribution in [0.25, 0.3) is 0 Å². The van der Waals surface area contributed by atoms with Crippen molar-refractivity contribution in [2.75, 3.05) is 0 Å². The summed E-state index contributed by atoms with van der Waals surface area (Å²) in [6.45, 7) is 40.3. The number of hydrogen-bond acceptors (Lipinski definition) is 0. The fraction of sp³-hybridized carbons (Fsp3) is 1.00. The maximum absolute atomic E-state index is 2.44. The zero-order chi connectivity index (χ0) is 59.0. The Labute approximate surface area is 509 Å². The lowest BCUT2D eigenvalue weighted by Crippen LogP contribution is -2.14. The summed E-state index contributed by atoms with van der Waals surface area (Å²) >= 11 is 0. The minimum absolute atomic E-state index is 0.679. The molecule has 0 aliphatic heterocycles. The monoisotopic (exact) mass is 1120 g/mol. The van der Waals surface area contributed by atoms with Crippen molar-refractivity contribution < 1.29 is 0 Å². The Bertz CT molecular complexity index is 1330. The summed E-state index contributed by atoms with van der Waals surface area (Å²) in [6, 6.07) is 0. The maximum Gasteiger partial charge on any atom is -0.0328 e. The van der Waals surface area contributed by atoms with Crippen LogP contribution < -0.4 is 0 Å². The third-order valence-electron chi connectivity index (χ3n) is 25.5. The van der Waals surface area contributed by atoms with Crippen LogP contribution in [-0.2, 0) is 0 Å². The Morgan fingerprint density at radius 3 is 0.975 bits per heavy atom. The van der Waals surface area contributed by atoms with Crippen molar-refractivity contribution in [2.45, 2.75) is 407 Å². The molecule has 0 heteroatoms. The van der Waals surface area contributed by atoms with Gasteiger partial charge in [-0.25, -0.2) is 0 Å². The molecule has 0 radical (unpaired) electrons. The number of fused-ring (bicyclic) bond motifs is 4. The molecule has 12 fully saturated rings. The summed E-state index contributed by atoms with van der Waals surface area (Å²) in [4.78, 5) is 0. The molecule has 0 aromatic rings. The Hall–Kier alpha value is 0.